The molecule has 2 heterocycles. The van der Waals surface area contributed by atoms with E-state index in [1.807, 2.05) is 11.8 Å². The maximum absolute atomic E-state index is 12.7. The van der Waals surface area contributed by atoms with Gasteiger partial charge in [0.05, 0.1) is 18.8 Å². The minimum atomic E-state index is -0.170. The number of amides is 1. The van der Waals surface area contributed by atoms with Gasteiger partial charge in [0, 0.05) is 12.0 Å². The Labute approximate surface area is 104 Å². The number of morpholine rings is 1. The number of carbonyl (C=O) groups excluding carboxylic acids is 1. The molecule has 2 rings (SSSR count). The van der Waals surface area contributed by atoms with Crippen LogP contribution in [0, 0.1) is 5.41 Å². The summed E-state index contributed by atoms with van der Waals surface area (Å²) >= 11 is 0. The number of hydrogen-bond acceptors (Lipinski definition) is 3. The average molecular weight is 240 g/mol. The molecule has 1 N–H and O–H groups in total. The van der Waals surface area contributed by atoms with E-state index >= 15 is 0 Å². The van der Waals surface area contributed by atoms with Crippen molar-refractivity contribution in [3.8, 4) is 0 Å². The van der Waals surface area contributed by atoms with Crippen LogP contribution in [0.1, 0.15) is 33.6 Å². The number of carbonyl (C=O) groups is 1. The summed E-state index contributed by atoms with van der Waals surface area (Å²) in [6.45, 7) is 9.55. The van der Waals surface area contributed by atoms with Gasteiger partial charge < -0.3 is 15.0 Å². The van der Waals surface area contributed by atoms with Crippen molar-refractivity contribution >= 4 is 5.91 Å². The summed E-state index contributed by atoms with van der Waals surface area (Å²) in [6.07, 6.45) is 2.06. The van der Waals surface area contributed by atoms with Gasteiger partial charge in [-0.3, -0.25) is 4.79 Å². The second kappa shape index (κ2) is 4.94. The highest BCUT2D eigenvalue weighted by molar-refractivity contribution is 5.83. The summed E-state index contributed by atoms with van der Waals surface area (Å²) in [5, 5.41) is 3.32. The second-order valence-electron chi connectivity index (χ2n) is 5.76. The SMILES string of the molecule is CC1CN(C(=O)C2(C)CCNCC2)C(C)CO1. The molecule has 0 aliphatic carbocycles. The minimum absolute atomic E-state index is 0.167. The Morgan fingerprint density at radius 2 is 2.00 bits per heavy atom. The molecule has 2 unspecified atom stereocenters. The molecule has 0 saturated carbocycles. The van der Waals surface area contributed by atoms with E-state index in [4.69, 9.17) is 4.74 Å². The molecular weight excluding hydrogens is 216 g/mol. The summed E-state index contributed by atoms with van der Waals surface area (Å²) < 4.78 is 5.58. The van der Waals surface area contributed by atoms with Crippen molar-refractivity contribution in [3.05, 3.63) is 0 Å². The first-order valence-electron chi connectivity index (χ1n) is 6.66. The number of hydrogen-bond donors (Lipinski definition) is 1. The van der Waals surface area contributed by atoms with Crippen molar-refractivity contribution in [2.45, 2.75) is 45.8 Å². The summed E-state index contributed by atoms with van der Waals surface area (Å²) in [4.78, 5) is 14.7. The quantitative estimate of drug-likeness (QED) is 0.744. The average Bonchev–Trinajstić information content (AvgIpc) is 2.32. The zero-order valence-corrected chi connectivity index (χ0v) is 11.2. The van der Waals surface area contributed by atoms with Gasteiger partial charge in [0.2, 0.25) is 5.91 Å². The minimum Gasteiger partial charge on any atom is -0.375 e. The van der Waals surface area contributed by atoms with Crippen molar-refractivity contribution in [3.63, 3.8) is 0 Å². The van der Waals surface area contributed by atoms with Gasteiger partial charge in [-0.1, -0.05) is 6.92 Å². The zero-order chi connectivity index (χ0) is 12.5. The molecule has 0 bridgehead atoms. The van der Waals surface area contributed by atoms with Crippen LogP contribution < -0.4 is 5.32 Å². The molecule has 2 aliphatic heterocycles. The van der Waals surface area contributed by atoms with Crippen LogP contribution in [0.5, 0.6) is 0 Å². The predicted octanol–water partition coefficient (Wildman–Crippen LogP) is 1.01. The Morgan fingerprint density at radius 1 is 1.35 bits per heavy atom. The van der Waals surface area contributed by atoms with Crippen molar-refractivity contribution < 1.29 is 9.53 Å². The van der Waals surface area contributed by atoms with Gasteiger partial charge in [-0.15, -0.1) is 0 Å². The molecule has 2 aliphatic rings. The van der Waals surface area contributed by atoms with Gasteiger partial charge >= 0.3 is 0 Å². The fourth-order valence-corrected chi connectivity index (χ4v) is 2.73. The van der Waals surface area contributed by atoms with E-state index in [1.54, 1.807) is 0 Å². The number of ether oxygens (including phenoxy) is 1. The third kappa shape index (κ3) is 2.63. The predicted molar refractivity (Wildman–Crippen MR) is 66.8 cm³/mol. The lowest BCUT2D eigenvalue weighted by atomic mass is 9.79. The lowest BCUT2D eigenvalue weighted by molar-refractivity contribution is -0.154. The van der Waals surface area contributed by atoms with E-state index in [0.29, 0.717) is 12.5 Å². The standard InChI is InChI=1S/C13H24N2O2/c1-10-9-17-11(2)8-15(10)12(16)13(3)4-6-14-7-5-13/h10-11,14H,4-9H2,1-3H3. The van der Waals surface area contributed by atoms with Gasteiger partial charge in [-0.2, -0.15) is 0 Å². The van der Waals surface area contributed by atoms with E-state index in [9.17, 15) is 4.79 Å². The fourth-order valence-electron chi connectivity index (χ4n) is 2.73. The van der Waals surface area contributed by atoms with Gasteiger partial charge in [-0.05, 0) is 39.8 Å². The first kappa shape index (κ1) is 12.8. The van der Waals surface area contributed by atoms with Crippen LogP contribution >= 0.6 is 0 Å². The summed E-state index contributed by atoms with van der Waals surface area (Å²) in [5.74, 6) is 0.321. The van der Waals surface area contributed by atoms with Crippen LogP contribution in [-0.2, 0) is 9.53 Å². The Kier molecular flexibility index (Phi) is 3.73. The molecule has 2 saturated heterocycles. The van der Waals surface area contributed by atoms with Crippen LogP contribution in [0.4, 0.5) is 0 Å². The fraction of sp³-hybridized carbons (Fsp3) is 0.923. The highest BCUT2D eigenvalue weighted by Crippen LogP contribution is 2.32. The van der Waals surface area contributed by atoms with Crippen molar-refractivity contribution in [1.29, 1.82) is 0 Å². The van der Waals surface area contributed by atoms with Crippen LogP contribution in [0.3, 0.4) is 0 Å². The summed E-state index contributed by atoms with van der Waals surface area (Å²) in [6, 6.07) is 0.213. The summed E-state index contributed by atoms with van der Waals surface area (Å²) in [7, 11) is 0. The molecule has 2 atom stereocenters. The van der Waals surface area contributed by atoms with Crippen LogP contribution in [0.15, 0.2) is 0 Å². The highest BCUT2D eigenvalue weighted by Gasteiger charge is 2.40. The molecule has 0 aromatic heterocycles. The molecule has 2 fully saturated rings. The summed E-state index contributed by atoms with van der Waals surface area (Å²) in [5.41, 5.74) is -0.170. The van der Waals surface area contributed by atoms with Crippen LogP contribution in [0.25, 0.3) is 0 Å². The first-order chi connectivity index (χ1) is 8.03. The Hall–Kier alpha value is -0.610. The molecule has 0 aromatic rings. The van der Waals surface area contributed by atoms with Crippen LogP contribution in [0.2, 0.25) is 0 Å². The van der Waals surface area contributed by atoms with Crippen molar-refractivity contribution in [2.24, 2.45) is 5.41 Å². The molecule has 0 radical (unpaired) electrons. The van der Waals surface area contributed by atoms with Crippen molar-refractivity contribution in [1.82, 2.24) is 10.2 Å². The molecule has 4 nitrogen and oxygen atoms in total. The van der Waals surface area contributed by atoms with Gasteiger partial charge in [0.15, 0.2) is 0 Å². The molecule has 98 valence electrons. The van der Waals surface area contributed by atoms with E-state index in [1.165, 1.54) is 0 Å². The zero-order valence-electron chi connectivity index (χ0n) is 11.2. The second-order valence-corrected chi connectivity index (χ2v) is 5.76. The molecule has 1 amide bonds. The van der Waals surface area contributed by atoms with E-state index < -0.39 is 0 Å². The van der Waals surface area contributed by atoms with Crippen molar-refractivity contribution in [2.75, 3.05) is 26.2 Å². The highest BCUT2D eigenvalue weighted by atomic mass is 16.5. The van der Waals surface area contributed by atoms with Gasteiger partial charge in [0.25, 0.3) is 0 Å². The lowest BCUT2D eigenvalue weighted by Crippen LogP contribution is -2.56. The lowest BCUT2D eigenvalue weighted by Gasteiger charge is -2.43. The molecule has 17 heavy (non-hydrogen) atoms. The Balaban J connectivity index is 2.06. The number of piperidine rings is 1. The first-order valence-corrected chi connectivity index (χ1v) is 6.66. The van der Waals surface area contributed by atoms with E-state index in [-0.39, 0.29) is 17.6 Å². The number of nitrogens with zero attached hydrogens (tertiary/aromatic N) is 1. The van der Waals surface area contributed by atoms with Crippen LogP contribution in [-0.4, -0.2) is 49.2 Å². The third-order valence-electron chi connectivity index (χ3n) is 4.09. The van der Waals surface area contributed by atoms with Gasteiger partial charge in [0.1, 0.15) is 0 Å². The van der Waals surface area contributed by atoms with Gasteiger partial charge in [-0.25, -0.2) is 0 Å². The molecule has 4 heteroatoms. The number of rotatable bonds is 1. The normalized spacial score (nSPS) is 33.5. The Bertz CT molecular complexity index is 287. The third-order valence-corrected chi connectivity index (χ3v) is 4.09. The Morgan fingerprint density at radius 3 is 2.65 bits per heavy atom. The monoisotopic (exact) mass is 240 g/mol. The molecule has 0 aromatic carbocycles. The van der Waals surface area contributed by atoms with E-state index in [0.717, 1.165) is 32.5 Å². The van der Waals surface area contributed by atoms with E-state index in [2.05, 4.69) is 19.2 Å². The smallest absolute Gasteiger partial charge is 0.229 e. The maximum atomic E-state index is 12.7. The topological polar surface area (TPSA) is 41.6 Å². The molecule has 0 spiro atoms. The molecular formula is C13H24N2O2. The number of nitrogens with one attached hydrogen (secondary N) is 1. The maximum Gasteiger partial charge on any atom is 0.229 e. The largest absolute Gasteiger partial charge is 0.375 e.